The van der Waals surface area contributed by atoms with Gasteiger partial charge in [0.2, 0.25) is 0 Å². The van der Waals surface area contributed by atoms with Crippen molar-refractivity contribution in [3.8, 4) is 0 Å². The highest BCUT2D eigenvalue weighted by Crippen LogP contribution is 2.41. The normalized spacial score (nSPS) is 33.6. The molecule has 2 nitrogen and oxygen atoms in total. The summed E-state index contributed by atoms with van der Waals surface area (Å²) in [5.74, 6) is 0. The average Bonchev–Trinajstić information content (AvgIpc) is 2.70. The highest BCUT2D eigenvalue weighted by atomic mass is 16.3. The number of aryl methyl sites for hydroxylation is 1. The van der Waals surface area contributed by atoms with Crippen LogP contribution in [0.4, 0.5) is 0 Å². The van der Waals surface area contributed by atoms with E-state index in [1.165, 1.54) is 24.9 Å². The summed E-state index contributed by atoms with van der Waals surface area (Å²) in [7, 11) is 0. The van der Waals surface area contributed by atoms with Gasteiger partial charge in [-0.25, -0.2) is 0 Å². The molecule has 2 aliphatic rings. The van der Waals surface area contributed by atoms with E-state index < -0.39 is 5.60 Å². The fourth-order valence-corrected chi connectivity index (χ4v) is 3.46. The Kier molecular flexibility index (Phi) is 2.72. The second-order valence-electron chi connectivity index (χ2n) is 5.59. The van der Waals surface area contributed by atoms with Gasteiger partial charge in [0, 0.05) is 12.6 Å². The van der Waals surface area contributed by atoms with Crippen LogP contribution in [-0.4, -0.2) is 29.1 Å². The fraction of sp³-hybridized carbons (Fsp3) is 0.600. The van der Waals surface area contributed by atoms with Crippen molar-refractivity contribution < 1.29 is 5.11 Å². The van der Waals surface area contributed by atoms with Crippen LogP contribution in [0.2, 0.25) is 0 Å². The first-order valence-corrected chi connectivity index (χ1v) is 6.74. The topological polar surface area (TPSA) is 23.5 Å². The predicted octanol–water partition coefficient (Wildman–Crippen LogP) is 2.44. The molecule has 2 heterocycles. The molecule has 2 heteroatoms. The lowest BCUT2D eigenvalue weighted by Gasteiger charge is -2.37. The number of fused-ring (bicyclic) bond motifs is 1. The van der Waals surface area contributed by atoms with Crippen LogP contribution in [0.25, 0.3) is 0 Å². The summed E-state index contributed by atoms with van der Waals surface area (Å²) in [4.78, 5) is 2.48. The number of hydrogen-bond acceptors (Lipinski definition) is 2. The van der Waals surface area contributed by atoms with E-state index in [4.69, 9.17) is 0 Å². The Balaban J connectivity index is 1.92. The summed E-state index contributed by atoms with van der Waals surface area (Å²) in [5, 5.41) is 11.0. The Bertz CT molecular complexity index is 400. The lowest BCUT2D eigenvalue weighted by atomic mass is 9.83. The van der Waals surface area contributed by atoms with Crippen molar-refractivity contribution in [1.29, 1.82) is 0 Å². The van der Waals surface area contributed by atoms with E-state index in [0.29, 0.717) is 6.04 Å². The molecule has 0 spiro atoms. The molecule has 0 unspecified atom stereocenters. The zero-order valence-corrected chi connectivity index (χ0v) is 10.5. The SMILES string of the molecule is Cc1ccc([C@@]2(O)CCN3CCCC[C@@H]32)cc1. The Hall–Kier alpha value is -0.860. The average molecular weight is 231 g/mol. The summed E-state index contributed by atoms with van der Waals surface area (Å²) in [6.07, 6.45) is 4.58. The Morgan fingerprint density at radius 3 is 2.71 bits per heavy atom. The Morgan fingerprint density at radius 2 is 1.94 bits per heavy atom. The standard InChI is InChI=1S/C15H21NO/c1-12-5-7-13(8-6-12)15(17)9-11-16-10-3-2-4-14(15)16/h5-8,14,17H,2-4,9-11H2,1H3/t14-,15+/m1/s1. The fourth-order valence-electron chi connectivity index (χ4n) is 3.46. The maximum absolute atomic E-state index is 11.0. The first-order chi connectivity index (χ1) is 8.20. The van der Waals surface area contributed by atoms with Crippen LogP contribution in [0.3, 0.4) is 0 Å². The third kappa shape index (κ3) is 1.80. The van der Waals surface area contributed by atoms with Crippen molar-refractivity contribution in [2.24, 2.45) is 0 Å². The summed E-state index contributed by atoms with van der Waals surface area (Å²) in [5.41, 5.74) is 1.77. The van der Waals surface area contributed by atoms with Gasteiger partial charge < -0.3 is 5.11 Å². The maximum Gasteiger partial charge on any atom is 0.106 e. The molecule has 0 bridgehead atoms. The van der Waals surface area contributed by atoms with Crippen molar-refractivity contribution in [2.75, 3.05) is 13.1 Å². The summed E-state index contributed by atoms with van der Waals surface area (Å²) in [6, 6.07) is 8.78. The summed E-state index contributed by atoms with van der Waals surface area (Å²) in [6.45, 7) is 4.31. The number of piperidine rings is 1. The molecule has 2 fully saturated rings. The minimum Gasteiger partial charge on any atom is -0.383 e. The molecule has 3 rings (SSSR count). The predicted molar refractivity (Wildman–Crippen MR) is 68.9 cm³/mol. The third-order valence-corrected chi connectivity index (χ3v) is 4.50. The molecule has 2 atom stereocenters. The lowest BCUT2D eigenvalue weighted by molar-refractivity contribution is -0.0138. The number of benzene rings is 1. The number of hydrogen-bond donors (Lipinski definition) is 1. The monoisotopic (exact) mass is 231 g/mol. The van der Waals surface area contributed by atoms with E-state index in [9.17, 15) is 5.11 Å². The van der Waals surface area contributed by atoms with Crippen LogP contribution in [-0.2, 0) is 5.60 Å². The van der Waals surface area contributed by atoms with Crippen molar-refractivity contribution in [1.82, 2.24) is 4.90 Å². The molecule has 0 radical (unpaired) electrons. The molecule has 0 amide bonds. The molecule has 0 aliphatic carbocycles. The van der Waals surface area contributed by atoms with E-state index in [-0.39, 0.29) is 0 Å². The molecule has 1 N–H and O–H groups in total. The van der Waals surface area contributed by atoms with Crippen LogP contribution < -0.4 is 0 Å². The highest BCUT2D eigenvalue weighted by molar-refractivity contribution is 5.29. The molecule has 92 valence electrons. The molecule has 1 aromatic rings. The van der Waals surface area contributed by atoms with E-state index in [1.54, 1.807) is 0 Å². The van der Waals surface area contributed by atoms with Crippen LogP contribution in [0.5, 0.6) is 0 Å². The molecule has 2 saturated heterocycles. The van der Waals surface area contributed by atoms with Gasteiger partial charge in [0.05, 0.1) is 0 Å². The van der Waals surface area contributed by atoms with E-state index >= 15 is 0 Å². The van der Waals surface area contributed by atoms with Crippen molar-refractivity contribution in [3.63, 3.8) is 0 Å². The summed E-state index contributed by atoms with van der Waals surface area (Å²) >= 11 is 0. The van der Waals surface area contributed by atoms with Gasteiger partial charge in [0.15, 0.2) is 0 Å². The van der Waals surface area contributed by atoms with Gasteiger partial charge in [0.1, 0.15) is 5.60 Å². The smallest absolute Gasteiger partial charge is 0.106 e. The van der Waals surface area contributed by atoms with Crippen LogP contribution in [0, 0.1) is 6.92 Å². The second-order valence-corrected chi connectivity index (χ2v) is 5.59. The Labute approximate surface area is 103 Å². The van der Waals surface area contributed by atoms with Gasteiger partial charge in [-0.3, -0.25) is 4.90 Å². The van der Waals surface area contributed by atoms with Crippen LogP contribution in [0.15, 0.2) is 24.3 Å². The van der Waals surface area contributed by atoms with E-state index in [0.717, 1.165) is 24.9 Å². The van der Waals surface area contributed by atoms with Gasteiger partial charge in [-0.1, -0.05) is 36.2 Å². The van der Waals surface area contributed by atoms with Gasteiger partial charge in [-0.2, -0.15) is 0 Å². The van der Waals surface area contributed by atoms with Gasteiger partial charge >= 0.3 is 0 Å². The lowest BCUT2D eigenvalue weighted by Crippen LogP contribution is -2.45. The molecule has 17 heavy (non-hydrogen) atoms. The zero-order chi connectivity index (χ0) is 11.9. The molecule has 0 aromatic heterocycles. The summed E-state index contributed by atoms with van der Waals surface area (Å²) < 4.78 is 0. The second kappa shape index (κ2) is 4.11. The van der Waals surface area contributed by atoms with Gasteiger partial charge in [0.25, 0.3) is 0 Å². The van der Waals surface area contributed by atoms with E-state index in [2.05, 4.69) is 36.1 Å². The molecular weight excluding hydrogens is 210 g/mol. The quantitative estimate of drug-likeness (QED) is 0.802. The third-order valence-electron chi connectivity index (χ3n) is 4.50. The minimum absolute atomic E-state index is 0.346. The van der Waals surface area contributed by atoms with Gasteiger partial charge in [-0.05, 0) is 38.3 Å². The number of rotatable bonds is 1. The van der Waals surface area contributed by atoms with Crippen molar-refractivity contribution in [2.45, 2.75) is 44.2 Å². The van der Waals surface area contributed by atoms with Crippen LogP contribution >= 0.6 is 0 Å². The molecule has 2 aliphatic heterocycles. The highest BCUT2D eigenvalue weighted by Gasteiger charge is 2.47. The molecule has 0 saturated carbocycles. The van der Waals surface area contributed by atoms with Gasteiger partial charge in [-0.15, -0.1) is 0 Å². The van der Waals surface area contributed by atoms with Crippen molar-refractivity contribution in [3.05, 3.63) is 35.4 Å². The van der Waals surface area contributed by atoms with E-state index in [1.807, 2.05) is 0 Å². The Morgan fingerprint density at radius 1 is 1.18 bits per heavy atom. The molecular formula is C15H21NO. The maximum atomic E-state index is 11.0. The largest absolute Gasteiger partial charge is 0.383 e. The molecule has 1 aromatic carbocycles. The first kappa shape index (κ1) is 11.2. The van der Waals surface area contributed by atoms with Crippen molar-refractivity contribution >= 4 is 0 Å². The number of aliphatic hydroxyl groups is 1. The number of nitrogens with zero attached hydrogens (tertiary/aromatic N) is 1. The minimum atomic E-state index is -0.603. The zero-order valence-electron chi connectivity index (χ0n) is 10.5. The first-order valence-electron chi connectivity index (χ1n) is 6.74. The van der Waals surface area contributed by atoms with Crippen LogP contribution in [0.1, 0.15) is 36.8 Å².